The first-order valence-corrected chi connectivity index (χ1v) is 6.11. The summed E-state index contributed by atoms with van der Waals surface area (Å²) >= 11 is 0. The van der Waals surface area contributed by atoms with Gasteiger partial charge in [-0.15, -0.1) is 0 Å². The van der Waals surface area contributed by atoms with Gasteiger partial charge in [-0.05, 0) is 30.3 Å². The number of aromatic nitrogens is 2. The van der Waals surface area contributed by atoms with Gasteiger partial charge in [0.2, 0.25) is 5.95 Å². The predicted molar refractivity (Wildman–Crippen MR) is 72.3 cm³/mol. The highest BCUT2D eigenvalue weighted by Crippen LogP contribution is 2.30. The summed E-state index contributed by atoms with van der Waals surface area (Å²) in [7, 11) is 0. The lowest BCUT2D eigenvalue weighted by molar-refractivity contribution is -0.137. The Bertz CT molecular complexity index is 587. The molecule has 1 aromatic heterocycles. The lowest BCUT2D eigenvalue weighted by atomic mass is 10.2. The molecule has 0 atom stereocenters. The van der Waals surface area contributed by atoms with Crippen LogP contribution in [0.3, 0.4) is 0 Å². The molecule has 0 spiro atoms. The maximum Gasteiger partial charge on any atom is 0.416 e. The maximum atomic E-state index is 12.4. The molecule has 5 nitrogen and oxygen atoms in total. The molecule has 0 radical (unpaired) electrons. The van der Waals surface area contributed by atoms with Gasteiger partial charge in [-0.1, -0.05) is 0 Å². The fraction of sp³-hybridized carbons (Fsp3) is 0.231. The number of rotatable bonds is 5. The number of benzene rings is 1. The summed E-state index contributed by atoms with van der Waals surface area (Å²) in [6.07, 6.45) is -2.86. The third kappa shape index (κ3) is 4.32. The molecule has 0 amide bonds. The van der Waals surface area contributed by atoms with E-state index in [1.54, 1.807) is 6.07 Å². The molecule has 0 saturated carbocycles. The predicted octanol–water partition coefficient (Wildman–Crippen LogP) is 2.64. The van der Waals surface area contributed by atoms with Crippen LogP contribution in [-0.4, -0.2) is 28.2 Å². The second-order valence-electron chi connectivity index (χ2n) is 4.12. The van der Waals surface area contributed by atoms with Crippen LogP contribution in [0.4, 0.5) is 30.6 Å². The monoisotopic (exact) mass is 298 g/mol. The number of nitrogens with one attached hydrogen (secondary N) is 2. The van der Waals surface area contributed by atoms with Gasteiger partial charge in [-0.3, -0.25) is 0 Å². The van der Waals surface area contributed by atoms with E-state index in [0.717, 1.165) is 12.1 Å². The summed E-state index contributed by atoms with van der Waals surface area (Å²) in [4.78, 5) is 8.08. The van der Waals surface area contributed by atoms with E-state index in [-0.39, 0.29) is 12.6 Å². The molecule has 0 aliphatic heterocycles. The smallest absolute Gasteiger partial charge is 0.395 e. The van der Waals surface area contributed by atoms with Gasteiger partial charge in [-0.2, -0.15) is 18.2 Å². The topological polar surface area (TPSA) is 70.1 Å². The quantitative estimate of drug-likeness (QED) is 0.791. The number of halogens is 3. The number of alkyl halides is 3. The van der Waals surface area contributed by atoms with Gasteiger partial charge in [0.05, 0.1) is 12.2 Å². The lowest BCUT2D eigenvalue weighted by Gasteiger charge is -2.09. The van der Waals surface area contributed by atoms with Gasteiger partial charge in [0, 0.05) is 18.4 Å². The minimum atomic E-state index is -4.36. The van der Waals surface area contributed by atoms with Crippen molar-refractivity contribution in [2.45, 2.75) is 6.18 Å². The summed E-state index contributed by atoms with van der Waals surface area (Å²) < 4.78 is 37.3. The summed E-state index contributed by atoms with van der Waals surface area (Å²) in [5.41, 5.74) is -0.269. The molecular weight excluding hydrogens is 285 g/mol. The molecule has 2 aromatic rings. The van der Waals surface area contributed by atoms with Crippen LogP contribution in [0, 0.1) is 0 Å². The van der Waals surface area contributed by atoms with E-state index < -0.39 is 11.7 Å². The Labute approximate surface area is 118 Å². The molecule has 2 rings (SSSR count). The molecule has 0 bridgehead atoms. The number of hydrogen-bond acceptors (Lipinski definition) is 5. The molecule has 0 aliphatic carbocycles. The van der Waals surface area contributed by atoms with Gasteiger partial charge in [-0.25, -0.2) is 4.98 Å². The van der Waals surface area contributed by atoms with E-state index in [9.17, 15) is 13.2 Å². The third-order valence-electron chi connectivity index (χ3n) is 2.54. The first-order valence-electron chi connectivity index (χ1n) is 6.11. The van der Waals surface area contributed by atoms with Gasteiger partial charge < -0.3 is 15.7 Å². The van der Waals surface area contributed by atoms with Crippen LogP contribution >= 0.6 is 0 Å². The highest BCUT2D eigenvalue weighted by Gasteiger charge is 2.29. The Balaban J connectivity index is 2.07. The largest absolute Gasteiger partial charge is 0.416 e. The molecule has 1 aromatic carbocycles. The van der Waals surface area contributed by atoms with Gasteiger partial charge in [0.15, 0.2) is 0 Å². The summed E-state index contributed by atoms with van der Waals surface area (Å²) in [6.45, 7) is 0.308. The Morgan fingerprint density at radius 2 is 1.81 bits per heavy atom. The Hall–Kier alpha value is -2.35. The molecule has 3 N–H and O–H groups in total. The third-order valence-corrected chi connectivity index (χ3v) is 2.54. The lowest BCUT2D eigenvalue weighted by Crippen LogP contribution is -2.08. The van der Waals surface area contributed by atoms with Crippen molar-refractivity contribution < 1.29 is 18.3 Å². The fourth-order valence-corrected chi connectivity index (χ4v) is 1.57. The SMILES string of the molecule is OCCNc1ccnc(Nc2ccc(C(F)(F)F)cc2)n1. The minimum absolute atomic E-state index is 0.0360. The van der Waals surface area contributed by atoms with Crippen LogP contribution in [0.25, 0.3) is 0 Å². The Morgan fingerprint density at radius 3 is 2.43 bits per heavy atom. The molecule has 0 aliphatic rings. The molecule has 0 unspecified atom stereocenters. The van der Waals surface area contributed by atoms with Gasteiger partial charge in [0.25, 0.3) is 0 Å². The number of aliphatic hydroxyl groups excluding tert-OH is 1. The second kappa shape index (κ2) is 6.40. The van der Waals surface area contributed by atoms with Crippen LogP contribution in [0.1, 0.15) is 5.56 Å². The molecule has 21 heavy (non-hydrogen) atoms. The summed E-state index contributed by atoms with van der Waals surface area (Å²) in [5, 5.41) is 14.4. The average Bonchev–Trinajstić information content (AvgIpc) is 2.45. The van der Waals surface area contributed by atoms with Crippen molar-refractivity contribution in [3.8, 4) is 0 Å². The van der Waals surface area contributed by atoms with Crippen LogP contribution in [0.5, 0.6) is 0 Å². The molecule has 1 heterocycles. The van der Waals surface area contributed by atoms with Crippen molar-refractivity contribution in [3.63, 3.8) is 0 Å². The van der Waals surface area contributed by atoms with Crippen LogP contribution in [0.2, 0.25) is 0 Å². The molecule has 8 heteroatoms. The van der Waals surface area contributed by atoms with E-state index >= 15 is 0 Å². The first kappa shape index (κ1) is 15.0. The van der Waals surface area contributed by atoms with Crippen LogP contribution < -0.4 is 10.6 Å². The molecule has 112 valence electrons. The average molecular weight is 298 g/mol. The van der Waals surface area contributed by atoms with Crippen molar-refractivity contribution in [2.24, 2.45) is 0 Å². The van der Waals surface area contributed by atoms with Crippen LogP contribution in [0.15, 0.2) is 36.5 Å². The zero-order valence-electron chi connectivity index (χ0n) is 10.9. The van der Waals surface area contributed by atoms with Crippen molar-refractivity contribution in [2.75, 3.05) is 23.8 Å². The van der Waals surface area contributed by atoms with E-state index in [4.69, 9.17) is 5.11 Å². The highest BCUT2D eigenvalue weighted by atomic mass is 19.4. The van der Waals surface area contributed by atoms with Crippen molar-refractivity contribution in [1.29, 1.82) is 0 Å². The van der Waals surface area contributed by atoms with Crippen molar-refractivity contribution >= 4 is 17.5 Å². The number of aliphatic hydroxyl groups is 1. The highest BCUT2D eigenvalue weighted by molar-refractivity contribution is 5.55. The second-order valence-corrected chi connectivity index (χ2v) is 4.12. The molecule has 0 fully saturated rings. The number of nitrogens with zero attached hydrogens (tertiary/aromatic N) is 2. The van der Waals surface area contributed by atoms with Gasteiger partial charge >= 0.3 is 6.18 Å². The summed E-state index contributed by atoms with van der Waals surface area (Å²) in [5.74, 6) is 0.756. The van der Waals surface area contributed by atoms with E-state index in [1.807, 2.05) is 0 Å². The standard InChI is InChI=1S/C13H13F3N4O/c14-13(15,16)9-1-3-10(4-2-9)19-12-18-6-5-11(20-12)17-7-8-21/h1-6,21H,7-8H2,(H2,17,18,19,20). The summed E-state index contributed by atoms with van der Waals surface area (Å²) in [6, 6.07) is 6.19. The zero-order chi connectivity index (χ0) is 15.3. The van der Waals surface area contributed by atoms with Gasteiger partial charge in [0.1, 0.15) is 5.82 Å². The van der Waals surface area contributed by atoms with E-state index in [1.165, 1.54) is 18.3 Å². The molecular formula is C13H13F3N4O. The molecule has 0 saturated heterocycles. The maximum absolute atomic E-state index is 12.4. The Morgan fingerprint density at radius 1 is 1.10 bits per heavy atom. The van der Waals surface area contributed by atoms with E-state index in [2.05, 4.69) is 20.6 Å². The minimum Gasteiger partial charge on any atom is -0.395 e. The van der Waals surface area contributed by atoms with E-state index in [0.29, 0.717) is 18.1 Å². The number of anilines is 3. The van der Waals surface area contributed by atoms with Crippen LogP contribution in [-0.2, 0) is 6.18 Å². The van der Waals surface area contributed by atoms with Crippen molar-refractivity contribution in [3.05, 3.63) is 42.1 Å². The van der Waals surface area contributed by atoms with Crippen molar-refractivity contribution in [1.82, 2.24) is 9.97 Å². The Kier molecular flexibility index (Phi) is 4.59. The number of hydrogen-bond donors (Lipinski definition) is 3. The fourth-order valence-electron chi connectivity index (χ4n) is 1.57. The normalized spacial score (nSPS) is 11.2. The first-order chi connectivity index (χ1) is 9.99. The zero-order valence-corrected chi connectivity index (χ0v) is 10.9.